The first-order valence-corrected chi connectivity index (χ1v) is 3.97. The summed E-state index contributed by atoms with van der Waals surface area (Å²) in [6.45, 7) is 0. The van der Waals surface area contributed by atoms with Crippen molar-refractivity contribution in [3.63, 3.8) is 0 Å². The number of thiocarbonyl (C=S) groups is 2. The van der Waals surface area contributed by atoms with Crippen molar-refractivity contribution in [2.45, 2.75) is 0 Å². The first-order valence-electron chi connectivity index (χ1n) is 3.16. The summed E-state index contributed by atoms with van der Waals surface area (Å²) in [5.41, 5.74) is 20.8. The molecule has 0 aliphatic rings. The lowest BCUT2D eigenvalue weighted by atomic mass is 10.7. The van der Waals surface area contributed by atoms with Gasteiger partial charge in [-0.2, -0.15) is 10.0 Å². The van der Waals surface area contributed by atoms with Gasteiger partial charge in [-0.1, -0.05) is 0 Å². The summed E-state index contributed by atoms with van der Waals surface area (Å²) in [7, 11) is 0. The molecule has 0 radical (unpaired) electrons. The SMILES string of the molecule is N=C(N)N(C(N)=S)N(C(=N)N)C(N)=S. The van der Waals surface area contributed by atoms with E-state index in [0.29, 0.717) is 0 Å². The molecule has 0 heterocycles. The Morgan fingerprint density at radius 2 is 1.00 bits per heavy atom. The minimum absolute atomic E-state index is 0.291. The van der Waals surface area contributed by atoms with Crippen molar-refractivity contribution in [2.75, 3.05) is 0 Å². The van der Waals surface area contributed by atoms with Gasteiger partial charge < -0.3 is 22.9 Å². The van der Waals surface area contributed by atoms with E-state index in [9.17, 15) is 0 Å². The molecule has 0 aromatic rings. The van der Waals surface area contributed by atoms with Crippen LogP contribution in [0.25, 0.3) is 0 Å². The normalized spacial score (nSPS) is 8.86. The number of nitrogens with two attached hydrogens (primary N) is 4. The quantitative estimate of drug-likeness (QED) is 0.119. The summed E-state index contributed by atoms with van der Waals surface area (Å²) >= 11 is 9.16. The minimum atomic E-state index is -0.541. The van der Waals surface area contributed by atoms with Gasteiger partial charge in [0.05, 0.1) is 0 Å². The minimum Gasteiger partial charge on any atom is -0.374 e. The van der Waals surface area contributed by atoms with Crippen LogP contribution in [0.15, 0.2) is 0 Å². The van der Waals surface area contributed by atoms with Crippen molar-refractivity contribution < 1.29 is 0 Å². The van der Waals surface area contributed by atoms with Gasteiger partial charge in [-0.3, -0.25) is 10.8 Å². The molecule has 0 aromatic carbocycles. The number of hydrogen-bond acceptors (Lipinski definition) is 4. The molecular weight excluding hydrogens is 224 g/mol. The summed E-state index contributed by atoms with van der Waals surface area (Å²) < 4.78 is 0. The molecule has 0 atom stereocenters. The molecule has 0 amide bonds. The Kier molecular flexibility index (Phi) is 3.98. The van der Waals surface area contributed by atoms with E-state index in [1.165, 1.54) is 0 Å². The summed E-state index contributed by atoms with van der Waals surface area (Å²) in [6, 6.07) is 0. The molecule has 14 heavy (non-hydrogen) atoms. The lowest BCUT2D eigenvalue weighted by Gasteiger charge is -2.31. The largest absolute Gasteiger partial charge is 0.374 e. The average molecular weight is 234 g/mol. The molecule has 0 spiro atoms. The predicted octanol–water partition coefficient (Wildman–Crippen LogP) is -2.22. The van der Waals surface area contributed by atoms with Crippen molar-refractivity contribution >= 4 is 46.6 Å². The maximum Gasteiger partial charge on any atom is 0.215 e. The fourth-order valence-electron chi connectivity index (χ4n) is 0.650. The lowest BCUT2D eigenvalue weighted by Crippen LogP contribution is -2.61. The van der Waals surface area contributed by atoms with Gasteiger partial charge in [0.25, 0.3) is 0 Å². The smallest absolute Gasteiger partial charge is 0.215 e. The van der Waals surface area contributed by atoms with E-state index in [4.69, 9.17) is 33.8 Å². The fraction of sp³-hybridized carbons (Fsp3) is 0. The topological polar surface area (TPSA) is 158 Å². The summed E-state index contributed by atoms with van der Waals surface area (Å²) in [6.07, 6.45) is 0. The number of rotatable bonds is 0. The molecule has 10 heteroatoms. The second-order valence-electron chi connectivity index (χ2n) is 2.07. The second-order valence-corrected chi connectivity index (χ2v) is 2.91. The number of guanidine groups is 2. The van der Waals surface area contributed by atoms with Gasteiger partial charge in [-0.15, -0.1) is 0 Å². The molecule has 10 N–H and O–H groups in total. The van der Waals surface area contributed by atoms with Crippen LogP contribution in [0.2, 0.25) is 0 Å². The van der Waals surface area contributed by atoms with Crippen LogP contribution < -0.4 is 22.9 Å². The fourth-order valence-corrected chi connectivity index (χ4v) is 1.01. The van der Waals surface area contributed by atoms with Crippen molar-refractivity contribution in [2.24, 2.45) is 22.9 Å². The van der Waals surface area contributed by atoms with Crippen LogP contribution in [0, 0.1) is 10.8 Å². The number of hydrogen-bond donors (Lipinski definition) is 6. The van der Waals surface area contributed by atoms with Gasteiger partial charge >= 0.3 is 0 Å². The zero-order valence-corrected chi connectivity index (χ0v) is 8.65. The molecule has 0 aliphatic heterocycles. The summed E-state index contributed by atoms with van der Waals surface area (Å²) in [5.74, 6) is -1.08. The molecule has 8 nitrogen and oxygen atoms in total. The van der Waals surface area contributed by atoms with E-state index < -0.39 is 11.9 Å². The lowest BCUT2D eigenvalue weighted by molar-refractivity contribution is 0.333. The van der Waals surface area contributed by atoms with Crippen LogP contribution in [-0.4, -0.2) is 32.2 Å². The maximum atomic E-state index is 7.13. The van der Waals surface area contributed by atoms with Gasteiger partial charge in [0.1, 0.15) is 0 Å². The first kappa shape index (κ1) is 12.3. The van der Waals surface area contributed by atoms with E-state index in [0.717, 1.165) is 10.0 Å². The van der Waals surface area contributed by atoms with Gasteiger partial charge in [0, 0.05) is 0 Å². The molecule has 0 aromatic heterocycles. The Bertz CT molecular complexity index is 240. The summed E-state index contributed by atoms with van der Waals surface area (Å²) in [5, 5.41) is 15.1. The van der Waals surface area contributed by atoms with Crippen molar-refractivity contribution in [3.8, 4) is 0 Å². The summed E-state index contributed by atoms with van der Waals surface area (Å²) in [4.78, 5) is 0. The van der Waals surface area contributed by atoms with Crippen LogP contribution in [0.1, 0.15) is 0 Å². The van der Waals surface area contributed by atoms with Crippen LogP contribution in [-0.2, 0) is 0 Å². The van der Waals surface area contributed by atoms with Crippen molar-refractivity contribution in [1.29, 1.82) is 10.8 Å². The number of nitrogens with zero attached hydrogens (tertiary/aromatic N) is 2. The van der Waals surface area contributed by atoms with E-state index in [1.807, 2.05) is 0 Å². The zero-order valence-electron chi connectivity index (χ0n) is 7.02. The highest BCUT2D eigenvalue weighted by atomic mass is 32.1. The molecule has 0 rings (SSSR count). The van der Waals surface area contributed by atoms with Gasteiger partial charge in [0.15, 0.2) is 10.2 Å². The molecule has 0 saturated heterocycles. The van der Waals surface area contributed by atoms with Crippen LogP contribution in [0.5, 0.6) is 0 Å². The number of hydrazine groups is 1. The van der Waals surface area contributed by atoms with E-state index in [1.54, 1.807) is 0 Å². The highest BCUT2D eigenvalue weighted by molar-refractivity contribution is 7.80. The third-order valence-corrected chi connectivity index (χ3v) is 1.42. The molecule has 0 aliphatic carbocycles. The Morgan fingerprint density at radius 1 is 0.786 bits per heavy atom. The second kappa shape index (κ2) is 4.53. The molecule has 78 valence electrons. The van der Waals surface area contributed by atoms with E-state index in [2.05, 4.69) is 24.4 Å². The van der Waals surface area contributed by atoms with Crippen LogP contribution in [0.3, 0.4) is 0 Å². The van der Waals surface area contributed by atoms with Crippen LogP contribution in [0.4, 0.5) is 0 Å². The Labute approximate surface area is 90.8 Å². The molecule has 0 unspecified atom stereocenters. The molecular formula is C4H10N8S2. The predicted molar refractivity (Wildman–Crippen MR) is 61.1 cm³/mol. The molecule has 0 bridgehead atoms. The Balaban J connectivity index is 5.13. The number of nitrogens with one attached hydrogen (secondary N) is 2. The van der Waals surface area contributed by atoms with Crippen LogP contribution >= 0.6 is 24.4 Å². The van der Waals surface area contributed by atoms with E-state index in [-0.39, 0.29) is 10.2 Å². The third-order valence-electron chi connectivity index (χ3n) is 1.07. The molecule has 0 saturated carbocycles. The Hall–Kier alpha value is -1.68. The molecule has 0 fully saturated rings. The van der Waals surface area contributed by atoms with Crippen molar-refractivity contribution in [1.82, 2.24) is 10.0 Å². The maximum absolute atomic E-state index is 7.13. The highest BCUT2D eigenvalue weighted by Gasteiger charge is 2.23. The zero-order chi connectivity index (χ0) is 11.5. The average Bonchev–Trinajstić information content (AvgIpc) is 1.96. The first-order chi connectivity index (χ1) is 6.29. The van der Waals surface area contributed by atoms with Gasteiger partial charge in [-0.05, 0) is 24.4 Å². The van der Waals surface area contributed by atoms with Gasteiger partial charge in [-0.25, -0.2) is 0 Å². The third kappa shape index (κ3) is 2.67. The standard InChI is InChI=1S/C4H10N8S2/c5-1(6)11(3(9)13)12(2(7)8)4(10)14/h(H3,5,6)(H3,7,8)(H2,9,13)(H2,10,14). The highest BCUT2D eigenvalue weighted by Crippen LogP contribution is 1.96. The monoisotopic (exact) mass is 234 g/mol. The Morgan fingerprint density at radius 3 is 1.07 bits per heavy atom. The van der Waals surface area contributed by atoms with Crippen molar-refractivity contribution in [3.05, 3.63) is 0 Å². The van der Waals surface area contributed by atoms with Gasteiger partial charge in [0.2, 0.25) is 11.9 Å². The van der Waals surface area contributed by atoms with E-state index >= 15 is 0 Å².